The Balaban J connectivity index is 0.000000148. The van der Waals surface area contributed by atoms with Crippen molar-refractivity contribution < 1.29 is 30.0 Å². The molecule has 0 unspecified atom stereocenters. The number of cyclic esters (lactones) is 1. The first-order valence-corrected chi connectivity index (χ1v) is 16.5. The first-order valence-electron chi connectivity index (χ1n) is 16.5. The molecule has 0 spiro atoms. The second-order valence-electron chi connectivity index (χ2n) is 12.6. The molecule has 0 saturated heterocycles. The van der Waals surface area contributed by atoms with Crippen LogP contribution in [0.3, 0.4) is 0 Å². The van der Waals surface area contributed by atoms with E-state index < -0.39 is 17.0 Å². The van der Waals surface area contributed by atoms with Gasteiger partial charge in [0.2, 0.25) is 0 Å². The van der Waals surface area contributed by atoms with Gasteiger partial charge >= 0.3 is 5.97 Å². The molecule has 0 amide bonds. The summed E-state index contributed by atoms with van der Waals surface area (Å²) in [7, 11) is 0. The van der Waals surface area contributed by atoms with E-state index in [0.717, 1.165) is 27.8 Å². The lowest BCUT2D eigenvalue weighted by molar-refractivity contribution is 0.0251. The van der Waals surface area contributed by atoms with Crippen molar-refractivity contribution >= 4 is 5.97 Å². The molecular formula is C45H32O6. The quantitative estimate of drug-likeness (QED) is 0.140. The van der Waals surface area contributed by atoms with Gasteiger partial charge in [-0.1, -0.05) is 115 Å². The monoisotopic (exact) mass is 668 g/mol. The molecule has 0 bridgehead atoms. The van der Waals surface area contributed by atoms with Crippen LogP contribution in [-0.2, 0) is 15.8 Å². The topological polar surface area (TPSA) is 107 Å². The zero-order valence-corrected chi connectivity index (χ0v) is 27.3. The van der Waals surface area contributed by atoms with E-state index in [1.807, 2.05) is 36.4 Å². The van der Waals surface area contributed by atoms with E-state index in [0.29, 0.717) is 5.56 Å². The lowest BCUT2D eigenvalue weighted by atomic mass is 9.68. The maximum atomic E-state index is 12.4. The van der Waals surface area contributed by atoms with E-state index in [-0.39, 0.29) is 23.0 Å². The van der Waals surface area contributed by atoms with Gasteiger partial charge in [-0.15, -0.1) is 0 Å². The smallest absolute Gasteiger partial charge is 0.340 e. The van der Waals surface area contributed by atoms with Gasteiger partial charge in [0.15, 0.2) is 5.60 Å². The third-order valence-corrected chi connectivity index (χ3v) is 9.87. The number of benzene rings is 7. The van der Waals surface area contributed by atoms with Crippen molar-refractivity contribution in [3.05, 3.63) is 214 Å². The number of phenolic OH excluding ortho intramolecular Hbond substituents is 4. The van der Waals surface area contributed by atoms with Crippen LogP contribution in [0.4, 0.5) is 0 Å². The number of hydrogen-bond acceptors (Lipinski definition) is 6. The van der Waals surface area contributed by atoms with Crippen LogP contribution in [0.25, 0.3) is 11.1 Å². The van der Waals surface area contributed by atoms with Gasteiger partial charge in [-0.3, -0.25) is 0 Å². The van der Waals surface area contributed by atoms with Crippen LogP contribution >= 0.6 is 0 Å². The average molecular weight is 669 g/mol. The van der Waals surface area contributed by atoms with Gasteiger partial charge in [-0.2, -0.15) is 0 Å². The summed E-state index contributed by atoms with van der Waals surface area (Å²) >= 11 is 0. The molecule has 6 nitrogen and oxygen atoms in total. The van der Waals surface area contributed by atoms with Gasteiger partial charge in [-0.05, 0) is 88.0 Å². The fourth-order valence-electron chi connectivity index (χ4n) is 7.65. The van der Waals surface area contributed by atoms with E-state index in [2.05, 4.69) is 48.5 Å². The van der Waals surface area contributed by atoms with Gasteiger partial charge < -0.3 is 25.2 Å². The summed E-state index contributed by atoms with van der Waals surface area (Å²) in [6, 6.07) is 52.3. The number of aromatic hydroxyl groups is 4. The Morgan fingerprint density at radius 2 is 0.667 bits per heavy atom. The standard InChI is InChI=1S/C25H18O2.C20H14O4/c26-19-13-9-17(10-14-19)25(18-11-15-20(27)16-12-18)23-7-3-1-5-21(23)22-6-2-4-8-24(22)25;21-15-9-5-13(6-10-15)20(14-7-11-16(22)12-8-14)18-4-2-1-3-17(18)19(23)24-20/h1-16,26-27H;1-12,21-22H. The summed E-state index contributed by atoms with van der Waals surface area (Å²) in [5.41, 5.74) is 8.14. The molecule has 6 heteroatoms. The molecule has 7 aromatic carbocycles. The lowest BCUT2D eigenvalue weighted by Crippen LogP contribution is -2.29. The van der Waals surface area contributed by atoms with Crippen LogP contribution in [0, 0.1) is 0 Å². The SMILES string of the molecule is O=C1OC(c2ccc(O)cc2)(c2ccc(O)cc2)c2ccccc21.Oc1ccc(C2(c3ccc(O)cc3)c3ccccc3-c3ccccc32)cc1. The van der Waals surface area contributed by atoms with Crippen LogP contribution in [0.5, 0.6) is 23.0 Å². The number of carbonyl (C=O) groups excluding carboxylic acids is 1. The number of esters is 1. The largest absolute Gasteiger partial charge is 0.508 e. The number of hydrogen-bond donors (Lipinski definition) is 4. The highest BCUT2D eigenvalue weighted by Crippen LogP contribution is 2.56. The van der Waals surface area contributed by atoms with Crippen molar-refractivity contribution in [3.8, 4) is 34.1 Å². The second-order valence-corrected chi connectivity index (χ2v) is 12.6. The zero-order valence-electron chi connectivity index (χ0n) is 27.3. The highest BCUT2D eigenvalue weighted by molar-refractivity contribution is 5.96. The van der Waals surface area contributed by atoms with Crippen molar-refractivity contribution in [3.63, 3.8) is 0 Å². The Kier molecular flexibility index (Phi) is 7.57. The Bertz CT molecular complexity index is 2240. The molecule has 51 heavy (non-hydrogen) atoms. The van der Waals surface area contributed by atoms with E-state index in [1.54, 1.807) is 84.9 Å². The van der Waals surface area contributed by atoms with E-state index in [9.17, 15) is 25.2 Å². The molecule has 1 aliphatic heterocycles. The van der Waals surface area contributed by atoms with Crippen molar-refractivity contribution in [1.29, 1.82) is 0 Å². The number of phenols is 4. The summed E-state index contributed by atoms with van der Waals surface area (Å²) in [5, 5.41) is 38.9. The fraction of sp³-hybridized carbons (Fsp3) is 0.0444. The summed E-state index contributed by atoms with van der Waals surface area (Å²) in [6.45, 7) is 0. The number of ether oxygens (including phenoxy) is 1. The van der Waals surface area contributed by atoms with E-state index in [1.165, 1.54) is 22.3 Å². The molecule has 9 rings (SSSR count). The molecule has 1 aliphatic carbocycles. The van der Waals surface area contributed by atoms with Gasteiger partial charge in [0, 0.05) is 16.7 Å². The van der Waals surface area contributed by atoms with Crippen LogP contribution in [0.1, 0.15) is 49.3 Å². The van der Waals surface area contributed by atoms with Crippen LogP contribution < -0.4 is 0 Å². The predicted molar refractivity (Wildman–Crippen MR) is 195 cm³/mol. The number of fused-ring (bicyclic) bond motifs is 4. The number of rotatable bonds is 4. The lowest BCUT2D eigenvalue weighted by Gasteiger charge is -2.33. The molecule has 0 atom stereocenters. The van der Waals surface area contributed by atoms with Crippen LogP contribution in [0.2, 0.25) is 0 Å². The maximum absolute atomic E-state index is 12.4. The van der Waals surface area contributed by atoms with Gasteiger partial charge in [0.1, 0.15) is 23.0 Å². The van der Waals surface area contributed by atoms with Crippen LogP contribution in [0.15, 0.2) is 170 Å². The average Bonchev–Trinajstić information content (AvgIpc) is 3.64. The van der Waals surface area contributed by atoms with Crippen molar-refractivity contribution in [2.24, 2.45) is 0 Å². The molecule has 0 radical (unpaired) electrons. The third-order valence-electron chi connectivity index (χ3n) is 9.87. The van der Waals surface area contributed by atoms with Crippen molar-refractivity contribution in [1.82, 2.24) is 0 Å². The van der Waals surface area contributed by atoms with Crippen molar-refractivity contribution in [2.75, 3.05) is 0 Å². The minimum absolute atomic E-state index is 0.136. The van der Waals surface area contributed by atoms with Crippen LogP contribution in [-0.4, -0.2) is 26.4 Å². The minimum Gasteiger partial charge on any atom is -0.508 e. The number of carbonyl (C=O) groups is 1. The second kappa shape index (κ2) is 12.3. The normalized spacial score (nSPS) is 14.3. The molecule has 0 saturated carbocycles. The highest BCUT2D eigenvalue weighted by Gasteiger charge is 2.48. The minimum atomic E-state index is -1.10. The Morgan fingerprint density at radius 3 is 1.06 bits per heavy atom. The Morgan fingerprint density at radius 1 is 0.353 bits per heavy atom. The molecule has 1 heterocycles. The summed E-state index contributed by atoms with van der Waals surface area (Å²) in [4.78, 5) is 12.4. The van der Waals surface area contributed by atoms with Crippen molar-refractivity contribution in [2.45, 2.75) is 11.0 Å². The predicted octanol–water partition coefficient (Wildman–Crippen LogP) is 9.02. The zero-order chi connectivity index (χ0) is 35.2. The summed E-state index contributed by atoms with van der Waals surface area (Å²) in [5.74, 6) is 0.375. The maximum Gasteiger partial charge on any atom is 0.340 e. The molecular weight excluding hydrogens is 636 g/mol. The first-order chi connectivity index (χ1) is 24.8. The summed E-state index contributed by atoms with van der Waals surface area (Å²) in [6.07, 6.45) is 0. The van der Waals surface area contributed by atoms with Gasteiger partial charge in [0.05, 0.1) is 11.0 Å². The molecule has 4 N–H and O–H groups in total. The fourth-order valence-corrected chi connectivity index (χ4v) is 7.65. The first kappa shape index (κ1) is 31.5. The summed E-state index contributed by atoms with van der Waals surface area (Å²) < 4.78 is 5.87. The van der Waals surface area contributed by atoms with E-state index >= 15 is 0 Å². The van der Waals surface area contributed by atoms with E-state index in [4.69, 9.17) is 4.74 Å². The Labute approximate surface area is 294 Å². The highest BCUT2D eigenvalue weighted by atomic mass is 16.6. The van der Waals surface area contributed by atoms with Gasteiger partial charge in [-0.25, -0.2) is 4.79 Å². The molecule has 0 fully saturated rings. The van der Waals surface area contributed by atoms with Gasteiger partial charge in [0.25, 0.3) is 0 Å². The molecule has 7 aromatic rings. The third kappa shape index (κ3) is 4.99. The molecule has 2 aliphatic rings. The Hall–Kier alpha value is -6.79. The molecule has 248 valence electrons. The molecule has 0 aromatic heterocycles.